The van der Waals surface area contributed by atoms with Crippen LogP contribution in [0.3, 0.4) is 0 Å². The minimum absolute atomic E-state index is 0.323. The summed E-state index contributed by atoms with van der Waals surface area (Å²) in [6, 6.07) is 13.5. The Kier molecular flexibility index (Phi) is 5.89. The number of fused-ring (bicyclic) bond motifs is 1. The van der Waals surface area contributed by atoms with Crippen LogP contribution in [-0.4, -0.2) is 19.6 Å². The largest absolute Gasteiger partial charge is 0.466 e. The van der Waals surface area contributed by atoms with E-state index in [-0.39, 0.29) is 5.97 Å². The maximum absolute atomic E-state index is 11.2. The SMILES string of the molecule is COC(=O)C=Cc1ccc2c(c1)CCC2NCCc1cc(C)ccc1C. The molecule has 1 atom stereocenters. The Morgan fingerprint density at radius 2 is 2.08 bits per heavy atom. The number of ether oxygens (including phenoxy) is 1. The van der Waals surface area contributed by atoms with Crippen molar-refractivity contribution in [2.45, 2.75) is 39.2 Å². The first-order valence-corrected chi connectivity index (χ1v) is 9.25. The molecule has 2 aromatic rings. The van der Waals surface area contributed by atoms with Crippen molar-refractivity contribution in [2.24, 2.45) is 0 Å². The minimum atomic E-state index is -0.323. The topological polar surface area (TPSA) is 38.3 Å². The van der Waals surface area contributed by atoms with E-state index in [9.17, 15) is 4.79 Å². The summed E-state index contributed by atoms with van der Waals surface area (Å²) in [6.45, 7) is 5.32. The lowest BCUT2D eigenvalue weighted by Crippen LogP contribution is -2.22. The molecular weight excluding hydrogens is 322 g/mol. The van der Waals surface area contributed by atoms with Gasteiger partial charge in [0.15, 0.2) is 0 Å². The van der Waals surface area contributed by atoms with Gasteiger partial charge in [0.2, 0.25) is 0 Å². The van der Waals surface area contributed by atoms with Crippen LogP contribution in [0.25, 0.3) is 6.08 Å². The summed E-state index contributed by atoms with van der Waals surface area (Å²) in [7, 11) is 1.39. The lowest BCUT2D eigenvalue weighted by atomic mass is 10.0. The molecule has 2 aromatic carbocycles. The first-order chi connectivity index (χ1) is 12.6. The second-order valence-corrected chi connectivity index (χ2v) is 7.04. The molecule has 1 aliphatic rings. The third-order valence-electron chi connectivity index (χ3n) is 5.15. The third-order valence-corrected chi connectivity index (χ3v) is 5.15. The van der Waals surface area contributed by atoms with Gasteiger partial charge in [0, 0.05) is 12.1 Å². The van der Waals surface area contributed by atoms with Gasteiger partial charge in [-0.25, -0.2) is 4.79 Å². The molecular formula is C23H27NO2. The van der Waals surface area contributed by atoms with E-state index in [4.69, 9.17) is 0 Å². The van der Waals surface area contributed by atoms with Crippen molar-refractivity contribution < 1.29 is 9.53 Å². The Hall–Kier alpha value is -2.39. The Balaban J connectivity index is 1.60. The number of hydrogen-bond acceptors (Lipinski definition) is 3. The summed E-state index contributed by atoms with van der Waals surface area (Å²) < 4.78 is 4.64. The summed E-state index contributed by atoms with van der Waals surface area (Å²) >= 11 is 0. The number of aryl methyl sites for hydroxylation is 3. The number of rotatable bonds is 6. The molecule has 0 radical (unpaired) electrons. The molecule has 0 aliphatic heterocycles. The van der Waals surface area contributed by atoms with Gasteiger partial charge in [-0.2, -0.15) is 0 Å². The van der Waals surface area contributed by atoms with Crippen molar-refractivity contribution in [3.63, 3.8) is 0 Å². The molecule has 1 unspecified atom stereocenters. The van der Waals surface area contributed by atoms with Crippen LogP contribution in [0.5, 0.6) is 0 Å². The molecule has 0 spiro atoms. The second-order valence-electron chi connectivity index (χ2n) is 7.04. The molecule has 136 valence electrons. The van der Waals surface area contributed by atoms with Crippen molar-refractivity contribution in [1.82, 2.24) is 5.32 Å². The number of nitrogens with one attached hydrogen (secondary N) is 1. The Labute approximate surface area is 156 Å². The van der Waals surface area contributed by atoms with E-state index in [0.29, 0.717) is 6.04 Å². The fourth-order valence-electron chi connectivity index (χ4n) is 3.64. The van der Waals surface area contributed by atoms with E-state index in [2.05, 4.69) is 60.3 Å². The number of methoxy groups -OCH3 is 1. The van der Waals surface area contributed by atoms with Crippen molar-refractivity contribution in [1.29, 1.82) is 0 Å². The van der Waals surface area contributed by atoms with E-state index in [1.807, 2.05) is 6.08 Å². The van der Waals surface area contributed by atoms with Gasteiger partial charge >= 0.3 is 5.97 Å². The molecule has 0 amide bonds. The first kappa shape index (κ1) is 18.4. The monoisotopic (exact) mass is 349 g/mol. The fourth-order valence-corrected chi connectivity index (χ4v) is 3.64. The maximum Gasteiger partial charge on any atom is 0.330 e. The van der Waals surface area contributed by atoms with E-state index < -0.39 is 0 Å². The van der Waals surface area contributed by atoms with Crippen LogP contribution in [0.2, 0.25) is 0 Å². The van der Waals surface area contributed by atoms with Crippen LogP contribution in [0.15, 0.2) is 42.5 Å². The maximum atomic E-state index is 11.2. The molecule has 3 heteroatoms. The summed E-state index contributed by atoms with van der Waals surface area (Å²) in [4.78, 5) is 11.2. The smallest absolute Gasteiger partial charge is 0.330 e. The average molecular weight is 349 g/mol. The van der Waals surface area contributed by atoms with E-state index in [1.54, 1.807) is 0 Å². The highest BCUT2D eigenvalue weighted by molar-refractivity contribution is 5.86. The average Bonchev–Trinajstić information content (AvgIpc) is 3.05. The van der Waals surface area contributed by atoms with E-state index in [0.717, 1.165) is 31.4 Å². The minimum Gasteiger partial charge on any atom is -0.466 e. The lowest BCUT2D eigenvalue weighted by molar-refractivity contribution is -0.134. The van der Waals surface area contributed by atoms with Gasteiger partial charge in [-0.05, 0) is 73.5 Å². The van der Waals surface area contributed by atoms with Crippen LogP contribution >= 0.6 is 0 Å². The van der Waals surface area contributed by atoms with Gasteiger partial charge in [0.05, 0.1) is 7.11 Å². The molecule has 0 saturated heterocycles. The van der Waals surface area contributed by atoms with Crippen LogP contribution in [0.1, 0.15) is 45.8 Å². The van der Waals surface area contributed by atoms with Gasteiger partial charge in [-0.15, -0.1) is 0 Å². The molecule has 0 heterocycles. The molecule has 0 saturated carbocycles. The Bertz CT molecular complexity index is 823. The number of carbonyl (C=O) groups is 1. The van der Waals surface area contributed by atoms with Gasteiger partial charge in [-0.3, -0.25) is 0 Å². The zero-order valence-electron chi connectivity index (χ0n) is 15.8. The molecule has 1 N–H and O–H groups in total. The predicted octanol–water partition coefficient (Wildman–Crippen LogP) is 4.31. The lowest BCUT2D eigenvalue weighted by Gasteiger charge is -2.15. The summed E-state index contributed by atoms with van der Waals surface area (Å²) in [5, 5.41) is 3.72. The Morgan fingerprint density at radius 1 is 1.23 bits per heavy atom. The van der Waals surface area contributed by atoms with Crippen LogP contribution in [0, 0.1) is 13.8 Å². The van der Waals surface area contributed by atoms with Gasteiger partial charge in [0.25, 0.3) is 0 Å². The van der Waals surface area contributed by atoms with E-state index >= 15 is 0 Å². The van der Waals surface area contributed by atoms with Crippen molar-refractivity contribution in [3.8, 4) is 0 Å². The molecule has 3 nitrogen and oxygen atoms in total. The van der Waals surface area contributed by atoms with Crippen molar-refractivity contribution in [2.75, 3.05) is 13.7 Å². The third kappa shape index (κ3) is 4.41. The highest BCUT2D eigenvalue weighted by Gasteiger charge is 2.21. The van der Waals surface area contributed by atoms with E-state index in [1.165, 1.54) is 41.0 Å². The molecule has 3 rings (SSSR count). The van der Waals surface area contributed by atoms with Crippen LogP contribution < -0.4 is 5.32 Å². The van der Waals surface area contributed by atoms with Gasteiger partial charge in [-0.1, -0.05) is 42.0 Å². The van der Waals surface area contributed by atoms with Gasteiger partial charge < -0.3 is 10.1 Å². The van der Waals surface area contributed by atoms with Crippen LogP contribution in [-0.2, 0) is 22.4 Å². The highest BCUT2D eigenvalue weighted by Crippen LogP contribution is 2.32. The second kappa shape index (κ2) is 8.33. The fraction of sp³-hybridized carbons (Fsp3) is 0.348. The van der Waals surface area contributed by atoms with Crippen molar-refractivity contribution in [3.05, 3.63) is 75.9 Å². The zero-order chi connectivity index (χ0) is 18.5. The molecule has 1 aliphatic carbocycles. The summed E-state index contributed by atoms with van der Waals surface area (Å²) in [5.41, 5.74) is 7.93. The Morgan fingerprint density at radius 3 is 2.88 bits per heavy atom. The highest BCUT2D eigenvalue weighted by atomic mass is 16.5. The normalized spacial score (nSPS) is 16.0. The van der Waals surface area contributed by atoms with Crippen molar-refractivity contribution >= 4 is 12.0 Å². The standard InChI is InChI=1S/C23H27NO2/c1-16-4-5-17(2)19(14-16)12-13-24-22-10-8-20-15-18(6-9-21(20)22)7-11-23(25)26-3/h4-7,9,11,14-15,22,24H,8,10,12-13H2,1-3H3. The predicted molar refractivity (Wildman–Crippen MR) is 106 cm³/mol. The molecule has 0 aromatic heterocycles. The summed E-state index contributed by atoms with van der Waals surface area (Å²) in [6.07, 6.45) is 6.55. The molecule has 0 bridgehead atoms. The quantitative estimate of drug-likeness (QED) is 0.624. The summed E-state index contributed by atoms with van der Waals surface area (Å²) in [5.74, 6) is -0.323. The van der Waals surface area contributed by atoms with Crippen LogP contribution in [0.4, 0.5) is 0 Å². The number of hydrogen-bond donors (Lipinski definition) is 1. The zero-order valence-corrected chi connectivity index (χ0v) is 15.8. The number of esters is 1. The number of benzene rings is 2. The molecule has 0 fully saturated rings. The number of carbonyl (C=O) groups excluding carboxylic acids is 1. The first-order valence-electron chi connectivity index (χ1n) is 9.25. The van der Waals surface area contributed by atoms with Gasteiger partial charge in [0.1, 0.15) is 0 Å². The molecule has 26 heavy (non-hydrogen) atoms.